The average molecular weight is 403 g/mol. The predicted molar refractivity (Wildman–Crippen MR) is 120 cm³/mol. The zero-order valence-electron chi connectivity index (χ0n) is 18.2. The van der Waals surface area contributed by atoms with Crippen LogP contribution in [0, 0.1) is 13.8 Å². The molecule has 2 atom stereocenters. The number of anilines is 6. The van der Waals surface area contributed by atoms with Gasteiger partial charge in [0.1, 0.15) is 12.3 Å². The first kappa shape index (κ1) is 18.6. The van der Waals surface area contributed by atoms with Crippen molar-refractivity contribution in [3.63, 3.8) is 0 Å². The molecule has 0 bridgehead atoms. The van der Waals surface area contributed by atoms with Gasteiger partial charge in [0.05, 0.1) is 0 Å². The molecule has 0 spiro atoms. The molecule has 0 aliphatic carbocycles. The molecule has 5 rings (SSSR count). The van der Waals surface area contributed by atoms with Crippen molar-refractivity contribution in [2.75, 3.05) is 33.7 Å². The van der Waals surface area contributed by atoms with Gasteiger partial charge in [-0.2, -0.15) is 0 Å². The second kappa shape index (κ2) is 6.55. The topological polar surface area (TPSA) is 64.5 Å². The van der Waals surface area contributed by atoms with E-state index < -0.39 is 0 Å². The van der Waals surface area contributed by atoms with Crippen LogP contribution in [-0.2, 0) is 0 Å². The summed E-state index contributed by atoms with van der Waals surface area (Å²) in [7, 11) is 4.13. The van der Waals surface area contributed by atoms with E-state index in [1.54, 1.807) is 24.8 Å². The minimum absolute atomic E-state index is 0.113. The van der Waals surface area contributed by atoms with E-state index in [9.17, 15) is 0 Å². The Morgan fingerprint density at radius 3 is 1.40 bits per heavy atom. The normalized spacial score (nSPS) is 20.1. The first-order valence-corrected chi connectivity index (χ1v) is 10.2. The fourth-order valence-electron chi connectivity index (χ4n) is 4.49. The molecule has 0 amide bonds. The van der Waals surface area contributed by atoms with Gasteiger partial charge >= 0.3 is 0 Å². The average Bonchev–Trinajstić information content (AvgIpc) is 3.15. The van der Waals surface area contributed by atoms with Gasteiger partial charge in [0.2, 0.25) is 0 Å². The lowest BCUT2D eigenvalue weighted by molar-refractivity contribution is 0.718. The van der Waals surface area contributed by atoms with Crippen LogP contribution in [-0.4, -0.2) is 46.4 Å². The maximum atomic E-state index is 4.66. The standard InChI is InChI=1S/C22H26N8/c1-13-11-17(29-15(3)27(5)19-21(29)25-9-7-23-19)14(2)18(12-13)30-16(4)28(6)20-22(30)26-10-8-24-20/h7-12,15-16H,1-6H3/t15-,16+. The third kappa shape index (κ3) is 2.46. The fourth-order valence-corrected chi connectivity index (χ4v) is 4.49. The van der Waals surface area contributed by atoms with Crippen molar-refractivity contribution in [1.82, 2.24) is 19.9 Å². The summed E-state index contributed by atoms with van der Waals surface area (Å²) in [6.45, 7) is 8.67. The highest BCUT2D eigenvalue weighted by molar-refractivity contribution is 5.85. The number of hydrogen-bond acceptors (Lipinski definition) is 8. The van der Waals surface area contributed by atoms with E-state index >= 15 is 0 Å². The van der Waals surface area contributed by atoms with Crippen LogP contribution < -0.4 is 19.6 Å². The summed E-state index contributed by atoms with van der Waals surface area (Å²) in [5.41, 5.74) is 4.63. The van der Waals surface area contributed by atoms with E-state index in [2.05, 4.69) is 93.5 Å². The van der Waals surface area contributed by atoms with Gasteiger partial charge in [-0.25, -0.2) is 19.9 Å². The van der Waals surface area contributed by atoms with Crippen LogP contribution in [0.1, 0.15) is 25.0 Å². The molecule has 154 valence electrons. The Kier molecular flexibility index (Phi) is 4.06. The van der Waals surface area contributed by atoms with Crippen molar-refractivity contribution in [3.8, 4) is 0 Å². The van der Waals surface area contributed by atoms with Crippen molar-refractivity contribution in [3.05, 3.63) is 48.0 Å². The van der Waals surface area contributed by atoms with Gasteiger partial charge in [0, 0.05) is 50.3 Å². The molecule has 0 saturated carbocycles. The molecule has 8 heteroatoms. The van der Waals surface area contributed by atoms with E-state index in [-0.39, 0.29) is 12.3 Å². The monoisotopic (exact) mass is 402 g/mol. The molecule has 4 heterocycles. The molecule has 2 aliphatic heterocycles. The van der Waals surface area contributed by atoms with Gasteiger partial charge in [0.25, 0.3) is 0 Å². The van der Waals surface area contributed by atoms with E-state index in [4.69, 9.17) is 0 Å². The molecule has 0 fully saturated rings. The summed E-state index contributed by atoms with van der Waals surface area (Å²) in [4.78, 5) is 27.3. The van der Waals surface area contributed by atoms with Crippen molar-refractivity contribution in [1.29, 1.82) is 0 Å². The molecule has 1 aromatic carbocycles. The van der Waals surface area contributed by atoms with Crippen molar-refractivity contribution < 1.29 is 0 Å². The van der Waals surface area contributed by atoms with Crippen LogP contribution in [0.3, 0.4) is 0 Å². The first-order valence-electron chi connectivity index (χ1n) is 10.2. The highest BCUT2D eigenvalue weighted by Gasteiger charge is 2.38. The van der Waals surface area contributed by atoms with E-state index in [1.165, 1.54) is 11.1 Å². The number of aromatic nitrogens is 4. The molecule has 30 heavy (non-hydrogen) atoms. The summed E-state index contributed by atoms with van der Waals surface area (Å²) in [5.74, 6) is 3.58. The van der Waals surface area contributed by atoms with Gasteiger partial charge in [-0.3, -0.25) is 0 Å². The SMILES string of the molecule is Cc1cc(N2c3nccnc3N(C)[C@H]2C)c(C)c(N2c3nccnc3N(C)[C@@H]2C)c1. The molecule has 3 aromatic rings. The van der Waals surface area contributed by atoms with Crippen LogP contribution in [0.2, 0.25) is 0 Å². The Bertz CT molecular complexity index is 1050. The molecular weight excluding hydrogens is 376 g/mol. The maximum Gasteiger partial charge on any atom is 0.178 e. The molecule has 0 saturated heterocycles. The third-order valence-corrected chi connectivity index (χ3v) is 6.33. The summed E-state index contributed by atoms with van der Waals surface area (Å²) < 4.78 is 0. The summed E-state index contributed by atoms with van der Waals surface area (Å²) in [6, 6.07) is 4.46. The lowest BCUT2D eigenvalue weighted by atomic mass is 10.1. The lowest BCUT2D eigenvalue weighted by Crippen LogP contribution is -2.38. The second-order valence-corrected chi connectivity index (χ2v) is 8.06. The van der Waals surface area contributed by atoms with Gasteiger partial charge in [-0.1, -0.05) is 0 Å². The van der Waals surface area contributed by atoms with Crippen LogP contribution in [0.25, 0.3) is 0 Å². The lowest BCUT2D eigenvalue weighted by Gasteiger charge is -2.32. The Morgan fingerprint density at radius 1 is 0.633 bits per heavy atom. The number of benzene rings is 1. The van der Waals surface area contributed by atoms with Crippen molar-refractivity contribution in [2.45, 2.75) is 40.0 Å². The smallest absolute Gasteiger partial charge is 0.178 e. The number of fused-ring (bicyclic) bond motifs is 2. The molecule has 0 unspecified atom stereocenters. The quantitative estimate of drug-likeness (QED) is 0.642. The Morgan fingerprint density at radius 2 is 1.00 bits per heavy atom. The zero-order valence-corrected chi connectivity index (χ0v) is 18.2. The molecule has 0 radical (unpaired) electrons. The van der Waals surface area contributed by atoms with Gasteiger partial charge in [-0.05, 0) is 51.0 Å². The number of rotatable bonds is 2. The Hall–Kier alpha value is -3.42. The van der Waals surface area contributed by atoms with Crippen LogP contribution in [0.15, 0.2) is 36.9 Å². The van der Waals surface area contributed by atoms with Gasteiger partial charge in [-0.15, -0.1) is 0 Å². The first-order chi connectivity index (χ1) is 14.4. The number of hydrogen-bond donors (Lipinski definition) is 0. The maximum absolute atomic E-state index is 4.66. The van der Waals surface area contributed by atoms with Gasteiger partial charge in [0.15, 0.2) is 23.3 Å². The minimum atomic E-state index is 0.113. The molecular formula is C22H26N8. The molecule has 2 aromatic heterocycles. The third-order valence-electron chi connectivity index (χ3n) is 6.33. The Labute approximate surface area is 176 Å². The van der Waals surface area contributed by atoms with E-state index in [0.29, 0.717) is 0 Å². The van der Waals surface area contributed by atoms with Crippen LogP contribution in [0.4, 0.5) is 34.6 Å². The largest absolute Gasteiger partial charge is 0.336 e. The molecule has 0 N–H and O–H groups in total. The van der Waals surface area contributed by atoms with Crippen LogP contribution in [0.5, 0.6) is 0 Å². The molecule has 8 nitrogen and oxygen atoms in total. The highest BCUT2D eigenvalue weighted by Crippen LogP contribution is 2.47. The highest BCUT2D eigenvalue weighted by atomic mass is 15.5. The Balaban J connectivity index is 1.69. The second-order valence-electron chi connectivity index (χ2n) is 8.06. The van der Waals surface area contributed by atoms with Crippen molar-refractivity contribution in [2.24, 2.45) is 0 Å². The fraction of sp³-hybridized carbons (Fsp3) is 0.364. The van der Waals surface area contributed by atoms with E-state index in [0.717, 1.165) is 34.6 Å². The summed E-state index contributed by atoms with van der Waals surface area (Å²) in [5, 5.41) is 0. The van der Waals surface area contributed by atoms with Gasteiger partial charge < -0.3 is 19.6 Å². The number of nitrogens with zero attached hydrogens (tertiary/aromatic N) is 8. The molecule has 2 aliphatic rings. The minimum Gasteiger partial charge on any atom is -0.336 e. The summed E-state index contributed by atoms with van der Waals surface area (Å²) >= 11 is 0. The van der Waals surface area contributed by atoms with E-state index in [1.807, 2.05) is 0 Å². The summed E-state index contributed by atoms with van der Waals surface area (Å²) in [6.07, 6.45) is 7.23. The zero-order chi connectivity index (χ0) is 21.2. The number of aryl methyl sites for hydroxylation is 1. The van der Waals surface area contributed by atoms with Crippen LogP contribution >= 0.6 is 0 Å². The predicted octanol–water partition coefficient (Wildman–Crippen LogP) is 3.75. The van der Waals surface area contributed by atoms with Crippen molar-refractivity contribution >= 4 is 34.6 Å².